The number of thiophene rings is 1. The monoisotopic (exact) mass is 264 g/mol. The highest BCUT2D eigenvalue weighted by molar-refractivity contribution is 7.95. The van der Waals surface area contributed by atoms with Crippen LogP contribution in [0.15, 0.2) is 21.7 Å². The van der Waals surface area contributed by atoms with E-state index in [1.165, 1.54) is 11.3 Å². The smallest absolute Gasteiger partial charge is 0.195 e. The van der Waals surface area contributed by atoms with Crippen molar-refractivity contribution in [3.8, 4) is 0 Å². The largest absolute Gasteiger partial charge is 0.483 e. The number of hydrogen-bond acceptors (Lipinski definition) is 5. The van der Waals surface area contributed by atoms with Gasteiger partial charge in [0.25, 0.3) is 0 Å². The Morgan fingerprint density at radius 2 is 2.27 bits per heavy atom. The molecule has 3 nitrogen and oxygen atoms in total. The van der Waals surface area contributed by atoms with Crippen LogP contribution in [0.25, 0.3) is 0 Å². The summed E-state index contributed by atoms with van der Waals surface area (Å²) in [5, 5.41) is 1.84. The van der Waals surface area contributed by atoms with Gasteiger partial charge in [0.15, 0.2) is 14.9 Å². The van der Waals surface area contributed by atoms with E-state index in [2.05, 4.69) is 0 Å². The van der Waals surface area contributed by atoms with Crippen molar-refractivity contribution in [1.82, 2.24) is 0 Å². The molecule has 0 saturated heterocycles. The van der Waals surface area contributed by atoms with Gasteiger partial charge in [0.1, 0.15) is 9.96 Å². The average Bonchev–Trinajstić information content (AvgIpc) is 2.51. The SMILES string of the molecule is CC(C)OC(=S)CS(=O)(=O)c1cccs1. The van der Waals surface area contributed by atoms with E-state index in [1.807, 2.05) is 13.8 Å². The summed E-state index contributed by atoms with van der Waals surface area (Å²) >= 11 is 6.04. The fraction of sp³-hybridized carbons (Fsp3) is 0.444. The molecule has 1 aromatic heterocycles. The Kier molecular flexibility index (Phi) is 4.24. The van der Waals surface area contributed by atoms with E-state index >= 15 is 0 Å². The molecular formula is C9H12O3S3. The number of hydrogen-bond donors (Lipinski definition) is 0. The molecule has 0 atom stereocenters. The van der Waals surface area contributed by atoms with Crippen LogP contribution in [-0.4, -0.2) is 25.3 Å². The van der Waals surface area contributed by atoms with Crippen molar-refractivity contribution in [2.24, 2.45) is 0 Å². The number of sulfone groups is 1. The average molecular weight is 264 g/mol. The fourth-order valence-electron chi connectivity index (χ4n) is 0.964. The van der Waals surface area contributed by atoms with Crippen LogP contribution in [0.3, 0.4) is 0 Å². The molecule has 0 aromatic carbocycles. The first-order valence-electron chi connectivity index (χ1n) is 4.37. The lowest BCUT2D eigenvalue weighted by atomic mass is 10.5. The summed E-state index contributed by atoms with van der Waals surface area (Å²) in [4.78, 5) is 0. The Hall–Kier alpha value is -0.460. The summed E-state index contributed by atoms with van der Waals surface area (Å²) in [6.45, 7) is 3.62. The van der Waals surface area contributed by atoms with Crippen molar-refractivity contribution in [2.75, 3.05) is 5.75 Å². The van der Waals surface area contributed by atoms with Crippen LogP contribution in [-0.2, 0) is 14.6 Å². The minimum Gasteiger partial charge on any atom is -0.483 e. The molecular weight excluding hydrogens is 252 g/mol. The standard InChI is InChI=1S/C9H12O3S3/c1-7(2)12-8(13)6-15(10,11)9-4-3-5-14-9/h3-5,7H,6H2,1-2H3. The Bertz CT molecular complexity index is 417. The van der Waals surface area contributed by atoms with Gasteiger partial charge in [0.2, 0.25) is 0 Å². The summed E-state index contributed by atoms with van der Waals surface area (Å²) in [6, 6.07) is 3.27. The van der Waals surface area contributed by atoms with Crippen molar-refractivity contribution in [2.45, 2.75) is 24.2 Å². The third-order valence-corrected chi connectivity index (χ3v) is 5.00. The Morgan fingerprint density at radius 3 is 2.73 bits per heavy atom. The molecule has 0 aliphatic heterocycles. The van der Waals surface area contributed by atoms with Gasteiger partial charge in [0, 0.05) is 0 Å². The molecule has 84 valence electrons. The predicted octanol–water partition coefficient (Wildman–Crippen LogP) is 2.27. The van der Waals surface area contributed by atoms with Crippen molar-refractivity contribution >= 4 is 38.4 Å². The van der Waals surface area contributed by atoms with Gasteiger partial charge in [-0.15, -0.1) is 11.3 Å². The normalized spacial score (nSPS) is 11.7. The zero-order valence-electron chi connectivity index (χ0n) is 8.47. The van der Waals surface area contributed by atoms with E-state index in [4.69, 9.17) is 17.0 Å². The molecule has 0 saturated carbocycles. The van der Waals surface area contributed by atoms with Crippen LogP contribution in [0.4, 0.5) is 0 Å². The molecule has 0 radical (unpaired) electrons. The lowest BCUT2D eigenvalue weighted by Gasteiger charge is -2.10. The lowest BCUT2D eigenvalue weighted by molar-refractivity contribution is 0.234. The van der Waals surface area contributed by atoms with Crippen LogP contribution in [0.1, 0.15) is 13.8 Å². The van der Waals surface area contributed by atoms with Crippen molar-refractivity contribution < 1.29 is 13.2 Å². The highest BCUT2D eigenvalue weighted by Crippen LogP contribution is 2.17. The maximum atomic E-state index is 11.7. The predicted molar refractivity (Wildman–Crippen MR) is 65.2 cm³/mol. The van der Waals surface area contributed by atoms with E-state index in [0.29, 0.717) is 4.21 Å². The molecule has 0 aliphatic carbocycles. The minimum atomic E-state index is -3.31. The number of thiocarbonyl (C=S) groups is 1. The molecule has 15 heavy (non-hydrogen) atoms. The zero-order chi connectivity index (χ0) is 11.5. The first-order valence-corrected chi connectivity index (χ1v) is 7.31. The van der Waals surface area contributed by atoms with Crippen molar-refractivity contribution in [3.05, 3.63) is 17.5 Å². The van der Waals surface area contributed by atoms with Gasteiger partial charge < -0.3 is 4.74 Å². The first kappa shape index (κ1) is 12.6. The quantitative estimate of drug-likeness (QED) is 0.783. The van der Waals surface area contributed by atoms with Crippen LogP contribution in [0.2, 0.25) is 0 Å². The zero-order valence-corrected chi connectivity index (χ0v) is 10.9. The van der Waals surface area contributed by atoms with Gasteiger partial charge in [-0.25, -0.2) is 8.42 Å². The molecule has 0 aliphatic rings. The second-order valence-corrected chi connectivity index (χ2v) is 6.85. The summed E-state index contributed by atoms with van der Waals surface area (Å²) in [7, 11) is -3.31. The highest BCUT2D eigenvalue weighted by Gasteiger charge is 2.19. The molecule has 0 N–H and O–H groups in total. The Balaban J connectivity index is 2.70. The van der Waals surface area contributed by atoms with Crippen molar-refractivity contribution in [3.63, 3.8) is 0 Å². The maximum Gasteiger partial charge on any atom is 0.195 e. The van der Waals surface area contributed by atoms with Crippen LogP contribution < -0.4 is 0 Å². The summed E-state index contributed by atoms with van der Waals surface area (Å²) in [5.74, 6) is -0.221. The number of rotatable bonds is 4. The van der Waals surface area contributed by atoms with E-state index < -0.39 is 9.84 Å². The van der Waals surface area contributed by atoms with E-state index in [-0.39, 0.29) is 16.9 Å². The second-order valence-electron chi connectivity index (χ2n) is 3.23. The van der Waals surface area contributed by atoms with E-state index in [1.54, 1.807) is 17.5 Å². The van der Waals surface area contributed by atoms with Gasteiger partial charge in [-0.1, -0.05) is 6.07 Å². The molecule has 0 bridgehead atoms. The van der Waals surface area contributed by atoms with E-state index in [0.717, 1.165) is 0 Å². The second kappa shape index (κ2) is 5.05. The summed E-state index contributed by atoms with van der Waals surface area (Å²) in [5.41, 5.74) is 0. The van der Waals surface area contributed by atoms with Crippen LogP contribution in [0.5, 0.6) is 0 Å². The third kappa shape index (κ3) is 3.89. The molecule has 6 heteroatoms. The Labute approximate surface area is 99.0 Å². The molecule has 1 aromatic rings. The molecule has 0 unspecified atom stereocenters. The maximum absolute atomic E-state index is 11.7. The Morgan fingerprint density at radius 1 is 1.60 bits per heavy atom. The van der Waals surface area contributed by atoms with Gasteiger partial charge in [-0.05, 0) is 37.5 Å². The first-order chi connectivity index (χ1) is 6.92. The third-order valence-electron chi connectivity index (χ3n) is 1.48. The highest BCUT2D eigenvalue weighted by atomic mass is 32.2. The van der Waals surface area contributed by atoms with Crippen LogP contribution >= 0.6 is 23.6 Å². The fourth-order valence-corrected chi connectivity index (χ4v) is 3.81. The number of ether oxygens (including phenoxy) is 1. The van der Waals surface area contributed by atoms with Gasteiger partial charge in [-0.2, -0.15) is 0 Å². The summed E-state index contributed by atoms with van der Waals surface area (Å²) in [6.07, 6.45) is -0.0870. The molecule has 0 amide bonds. The molecule has 1 rings (SSSR count). The lowest BCUT2D eigenvalue weighted by Crippen LogP contribution is -2.19. The minimum absolute atomic E-state index is 0.0870. The topological polar surface area (TPSA) is 43.4 Å². The van der Waals surface area contributed by atoms with Gasteiger partial charge in [0.05, 0.1) is 6.10 Å². The van der Waals surface area contributed by atoms with Crippen molar-refractivity contribution in [1.29, 1.82) is 0 Å². The van der Waals surface area contributed by atoms with E-state index in [9.17, 15) is 8.42 Å². The van der Waals surface area contributed by atoms with Gasteiger partial charge in [-0.3, -0.25) is 0 Å². The van der Waals surface area contributed by atoms with Gasteiger partial charge >= 0.3 is 0 Å². The molecule has 1 heterocycles. The molecule has 0 spiro atoms. The molecule has 0 fully saturated rings. The summed E-state index contributed by atoms with van der Waals surface area (Å²) < 4.78 is 28.9. The van der Waals surface area contributed by atoms with Crippen LogP contribution in [0, 0.1) is 0 Å².